The fourth-order valence-electron chi connectivity index (χ4n) is 3.10. The predicted molar refractivity (Wildman–Crippen MR) is 93.1 cm³/mol. The molecule has 0 aliphatic carbocycles. The Kier molecular flexibility index (Phi) is 6.29. The molecule has 0 spiro atoms. The number of nitrogens with one attached hydrogen (secondary N) is 1. The highest BCUT2D eigenvalue weighted by atomic mass is 16.5. The summed E-state index contributed by atoms with van der Waals surface area (Å²) in [4.78, 5) is 2.44. The predicted octanol–water partition coefficient (Wildman–Crippen LogP) is 2.45. The van der Waals surface area contributed by atoms with Gasteiger partial charge in [0.05, 0.1) is 12.3 Å². The Bertz CT molecular complexity index is 568. The van der Waals surface area contributed by atoms with Crippen molar-refractivity contribution in [1.29, 1.82) is 0 Å². The van der Waals surface area contributed by atoms with Gasteiger partial charge in [-0.3, -0.25) is 4.90 Å². The van der Waals surface area contributed by atoms with Crippen LogP contribution in [0.5, 0.6) is 5.75 Å². The quantitative estimate of drug-likeness (QED) is 0.740. The van der Waals surface area contributed by atoms with E-state index in [9.17, 15) is 5.11 Å². The molecule has 5 heteroatoms. The Morgan fingerprint density at radius 1 is 1.08 bits per heavy atom. The zero-order chi connectivity index (χ0) is 16.6. The maximum absolute atomic E-state index is 10.1. The molecule has 2 atom stereocenters. The molecule has 0 radical (unpaired) electrons. The first-order valence-electron chi connectivity index (χ1n) is 8.67. The Morgan fingerprint density at radius 3 is 2.58 bits per heavy atom. The van der Waals surface area contributed by atoms with Gasteiger partial charge in [0, 0.05) is 13.1 Å². The van der Waals surface area contributed by atoms with Gasteiger partial charge >= 0.3 is 0 Å². The number of aliphatic hydroxyl groups excluding tert-OH is 1. The van der Waals surface area contributed by atoms with Gasteiger partial charge in [-0.2, -0.15) is 0 Å². The highest BCUT2D eigenvalue weighted by Gasteiger charge is 2.25. The fraction of sp³-hybridized carbons (Fsp3) is 0.474. The molecular formula is C19H26N2O3. The SMILES string of the molecule is O[C@H](CNC[C@@H](c1ccco1)N1CCCC1)COc1ccccc1. The number of benzene rings is 1. The molecule has 1 fully saturated rings. The molecule has 5 nitrogen and oxygen atoms in total. The lowest BCUT2D eigenvalue weighted by Crippen LogP contribution is -2.38. The van der Waals surface area contributed by atoms with E-state index in [0.29, 0.717) is 6.54 Å². The lowest BCUT2D eigenvalue weighted by molar-refractivity contribution is 0.103. The van der Waals surface area contributed by atoms with Crippen LogP contribution in [0.4, 0.5) is 0 Å². The number of hydrogen-bond donors (Lipinski definition) is 2. The molecule has 2 N–H and O–H groups in total. The van der Waals surface area contributed by atoms with Crippen LogP contribution in [-0.2, 0) is 0 Å². The maximum atomic E-state index is 10.1. The lowest BCUT2D eigenvalue weighted by atomic mass is 10.2. The minimum absolute atomic E-state index is 0.227. The number of nitrogens with zero attached hydrogens (tertiary/aromatic N) is 1. The van der Waals surface area contributed by atoms with Crippen LogP contribution in [0.25, 0.3) is 0 Å². The van der Waals surface area contributed by atoms with E-state index in [1.54, 1.807) is 6.26 Å². The molecular weight excluding hydrogens is 304 g/mol. The first-order valence-corrected chi connectivity index (χ1v) is 8.67. The van der Waals surface area contributed by atoms with Crippen molar-refractivity contribution in [2.45, 2.75) is 25.0 Å². The van der Waals surface area contributed by atoms with E-state index in [1.807, 2.05) is 42.5 Å². The van der Waals surface area contributed by atoms with Crippen molar-refractivity contribution < 1.29 is 14.3 Å². The normalized spacial score (nSPS) is 17.7. The maximum Gasteiger partial charge on any atom is 0.122 e. The Labute approximate surface area is 143 Å². The highest BCUT2D eigenvalue weighted by molar-refractivity contribution is 5.20. The van der Waals surface area contributed by atoms with E-state index in [0.717, 1.165) is 31.1 Å². The van der Waals surface area contributed by atoms with Crippen molar-refractivity contribution in [3.8, 4) is 5.75 Å². The Morgan fingerprint density at radius 2 is 1.88 bits per heavy atom. The van der Waals surface area contributed by atoms with Crippen molar-refractivity contribution in [1.82, 2.24) is 10.2 Å². The second kappa shape index (κ2) is 8.87. The number of furan rings is 1. The van der Waals surface area contributed by atoms with Gasteiger partial charge in [0.2, 0.25) is 0 Å². The third-order valence-electron chi connectivity index (χ3n) is 4.36. The molecule has 1 aromatic carbocycles. The van der Waals surface area contributed by atoms with Gasteiger partial charge in [0.1, 0.15) is 24.2 Å². The first kappa shape index (κ1) is 17.0. The monoisotopic (exact) mass is 330 g/mol. The van der Waals surface area contributed by atoms with Crippen LogP contribution in [0.3, 0.4) is 0 Å². The van der Waals surface area contributed by atoms with E-state index in [2.05, 4.69) is 10.2 Å². The van der Waals surface area contributed by atoms with E-state index >= 15 is 0 Å². The van der Waals surface area contributed by atoms with Crippen LogP contribution < -0.4 is 10.1 Å². The van der Waals surface area contributed by atoms with Crippen molar-refractivity contribution >= 4 is 0 Å². The molecule has 0 amide bonds. The second-order valence-electron chi connectivity index (χ2n) is 6.21. The summed E-state index contributed by atoms with van der Waals surface area (Å²) in [5, 5.41) is 13.4. The standard InChI is InChI=1S/C19H26N2O3/c22-16(15-24-17-7-2-1-3-8-17)13-20-14-18(19-9-6-12-23-19)21-10-4-5-11-21/h1-3,6-9,12,16,18,20,22H,4-5,10-11,13-15H2/t16-,18+/m1/s1. The number of ether oxygens (including phenoxy) is 1. The summed E-state index contributed by atoms with van der Waals surface area (Å²) in [5.74, 6) is 1.77. The van der Waals surface area contributed by atoms with Gasteiger partial charge in [-0.15, -0.1) is 0 Å². The summed E-state index contributed by atoms with van der Waals surface area (Å²) in [6, 6.07) is 13.7. The molecule has 1 saturated heterocycles. The third kappa shape index (κ3) is 4.84. The number of para-hydroxylation sites is 1. The van der Waals surface area contributed by atoms with Gasteiger partial charge in [0.15, 0.2) is 0 Å². The zero-order valence-electron chi connectivity index (χ0n) is 13.9. The summed E-state index contributed by atoms with van der Waals surface area (Å²) < 4.78 is 11.2. The molecule has 2 aromatic rings. The molecule has 0 bridgehead atoms. The van der Waals surface area contributed by atoms with Gasteiger partial charge in [-0.25, -0.2) is 0 Å². The second-order valence-corrected chi connectivity index (χ2v) is 6.21. The van der Waals surface area contributed by atoms with E-state index in [4.69, 9.17) is 9.15 Å². The Hall–Kier alpha value is -1.82. The van der Waals surface area contributed by atoms with Gasteiger partial charge in [0.25, 0.3) is 0 Å². The largest absolute Gasteiger partial charge is 0.491 e. The van der Waals surface area contributed by atoms with Crippen molar-refractivity contribution in [2.75, 3.05) is 32.8 Å². The Balaban J connectivity index is 1.43. The van der Waals surface area contributed by atoms with Gasteiger partial charge in [-0.1, -0.05) is 18.2 Å². The van der Waals surface area contributed by atoms with Crippen LogP contribution in [0, 0.1) is 0 Å². The molecule has 1 aliphatic heterocycles. The fourth-order valence-corrected chi connectivity index (χ4v) is 3.10. The number of hydrogen-bond acceptors (Lipinski definition) is 5. The first-order chi connectivity index (χ1) is 11.8. The summed E-state index contributed by atoms with van der Waals surface area (Å²) >= 11 is 0. The lowest BCUT2D eigenvalue weighted by Gasteiger charge is -2.26. The molecule has 130 valence electrons. The van der Waals surface area contributed by atoms with E-state index in [1.165, 1.54) is 12.8 Å². The topological polar surface area (TPSA) is 57.9 Å². The number of rotatable bonds is 9. The van der Waals surface area contributed by atoms with Crippen molar-refractivity contribution in [2.24, 2.45) is 0 Å². The summed E-state index contributed by atoms with van der Waals surface area (Å²) in [7, 11) is 0. The van der Waals surface area contributed by atoms with Crippen LogP contribution in [0.2, 0.25) is 0 Å². The average molecular weight is 330 g/mol. The molecule has 0 unspecified atom stereocenters. The molecule has 0 saturated carbocycles. The molecule has 2 heterocycles. The smallest absolute Gasteiger partial charge is 0.122 e. The number of aliphatic hydroxyl groups is 1. The minimum Gasteiger partial charge on any atom is -0.491 e. The molecule has 3 rings (SSSR count). The van der Waals surface area contributed by atoms with Crippen LogP contribution in [0.15, 0.2) is 53.1 Å². The summed E-state index contributed by atoms with van der Waals surface area (Å²) in [5.41, 5.74) is 0. The van der Waals surface area contributed by atoms with Crippen molar-refractivity contribution in [3.63, 3.8) is 0 Å². The van der Waals surface area contributed by atoms with Crippen LogP contribution in [0.1, 0.15) is 24.6 Å². The summed E-state index contributed by atoms with van der Waals surface area (Å²) in [6.45, 7) is 3.75. The summed E-state index contributed by atoms with van der Waals surface area (Å²) in [6.07, 6.45) is 3.66. The highest BCUT2D eigenvalue weighted by Crippen LogP contribution is 2.24. The van der Waals surface area contributed by atoms with E-state index < -0.39 is 6.10 Å². The third-order valence-corrected chi connectivity index (χ3v) is 4.36. The van der Waals surface area contributed by atoms with Crippen LogP contribution in [-0.4, -0.2) is 48.9 Å². The van der Waals surface area contributed by atoms with E-state index in [-0.39, 0.29) is 12.6 Å². The van der Waals surface area contributed by atoms with Gasteiger partial charge in [-0.05, 0) is 50.2 Å². The minimum atomic E-state index is -0.541. The van der Waals surface area contributed by atoms with Gasteiger partial charge < -0.3 is 19.6 Å². The molecule has 24 heavy (non-hydrogen) atoms. The molecule has 1 aromatic heterocycles. The number of likely N-dealkylation sites (tertiary alicyclic amines) is 1. The average Bonchev–Trinajstić information content (AvgIpc) is 3.31. The molecule has 1 aliphatic rings. The zero-order valence-corrected chi connectivity index (χ0v) is 13.9. The van der Waals surface area contributed by atoms with Crippen LogP contribution >= 0.6 is 0 Å². The van der Waals surface area contributed by atoms with Crippen molar-refractivity contribution in [3.05, 3.63) is 54.5 Å².